The van der Waals surface area contributed by atoms with Gasteiger partial charge in [0.15, 0.2) is 10.7 Å². The van der Waals surface area contributed by atoms with Gasteiger partial charge in [-0.2, -0.15) is 0 Å². The summed E-state index contributed by atoms with van der Waals surface area (Å²) < 4.78 is 13.4. The van der Waals surface area contributed by atoms with Gasteiger partial charge in [0.2, 0.25) is 0 Å². The third kappa shape index (κ3) is 5.51. The van der Waals surface area contributed by atoms with Crippen molar-refractivity contribution >= 4 is 27.8 Å². The lowest BCUT2D eigenvalue weighted by Gasteiger charge is -2.39. The summed E-state index contributed by atoms with van der Waals surface area (Å²) in [5.41, 5.74) is 2.64. The Morgan fingerprint density at radius 1 is 0.977 bits per heavy atom. The predicted octanol–water partition coefficient (Wildman–Crippen LogP) is 5.44. The largest absolute Gasteiger partial charge is 0.493 e. The second-order valence-electron chi connectivity index (χ2n) is 9.98. The number of aromatic nitrogens is 1. The first-order chi connectivity index (χ1) is 20.9. The lowest BCUT2D eigenvalue weighted by atomic mass is 9.80. The molecule has 11 heteroatoms. The number of nitro groups is 1. The van der Waals surface area contributed by atoms with E-state index >= 15 is 0 Å². The van der Waals surface area contributed by atoms with E-state index in [9.17, 15) is 20.3 Å². The number of nitrogens with zero attached hydrogens (tertiary/aromatic N) is 4. The summed E-state index contributed by atoms with van der Waals surface area (Å²) in [4.78, 5) is 21.1. The van der Waals surface area contributed by atoms with Gasteiger partial charge in [-0.3, -0.25) is 10.1 Å². The standard InChI is InChI=1S/C32H36N4O6S/c1-4-34(5-2)24-15-16-26(28(21-24)41-6-3)32(22-11-13-23(14-12-22)36(39)40)30-29(25-9-7-8-10-27(25)42-32)33-31(43-30)35(17-19-37)18-20-38/h7-16,21,37-38H,4-6,17-20H2,1-3H3. The molecule has 0 saturated carbocycles. The number of benzene rings is 3. The van der Waals surface area contributed by atoms with Crippen molar-refractivity contribution in [3.8, 4) is 22.8 Å². The van der Waals surface area contributed by atoms with Crippen LogP contribution in [0.1, 0.15) is 36.8 Å². The Bertz CT molecular complexity index is 1570. The number of ether oxygens (including phenoxy) is 2. The zero-order chi connectivity index (χ0) is 30.6. The van der Waals surface area contributed by atoms with Crippen LogP contribution < -0.4 is 19.3 Å². The van der Waals surface area contributed by atoms with E-state index in [1.54, 1.807) is 12.1 Å². The van der Waals surface area contributed by atoms with Gasteiger partial charge in [-0.1, -0.05) is 23.5 Å². The minimum atomic E-state index is -1.27. The molecular weight excluding hydrogens is 568 g/mol. The molecule has 0 amide bonds. The number of rotatable bonds is 13. The van der Waals surface area contributed by atoms with Gasteiger partial charge in [0.25, 0.3) is 5.69 Å². The Kier molecular flexibility index (Phi) is 9.14. The number of non-ortho nitro benzene ring substituents is 1. The van der Waals surface area contributed by atoms with Crippen molar-refractivity contribution in [2.75, 3.05) is 55.8 Å². The molecule has 4 aromatic rings. The second kappa shape index (κ2) is 13.0. The van der Waals surface area contributed by atoms with E-state index in [4.69, 9.17) is 14.5 Å². The van der Waals surface area contributed by atoms with Crippen LogP contribution in [0.5, 0.6) is 11.5 Å². The van der Waals surface area contributed by atoms with Crippen LogP contribution in [-0.2, 0) is 5.60 Å². The number of nitro benzene ring substituents is 1. The summed E-state index contributed by atoms with van der Waals surface area (Å²) in [5, 5.41) is 31.8. The van der Waals surface area contributed by atoms with Crippen LogP contribution in [0.25, 0.3) is 11.3 Å². The summed E-state index contributed by atoms with van der Waals surface area (Å²) in [7, 11) is 0. The molecule has 226 valence electrons. The van der Waals surface area contributed by atoms with Crippen molar-refractivity contribution in [1.29, 1.82) is 0 Å². The van der Waals surface area contributed by atoms with Crippen molar-refractivity contribution in [1.82, 2.24) is 4.98 Å². The molecular formula is C32H36N4O6S. The maximum Gasteiger partial charge on any atom is 0.269 e. The first kappa shape index (κ1) is 30.3. The molecule has 0 saturated heterocycles. The number of hydrogen-bond donors (Lipinski definition) is 2. The van der Waals surface area contributed by atoms with Crippen LogP contribution in [0, 0.1) is 10.1 Å². The predicted molar refractivity (Wildman–Crippen MR) is 169 cm³/mol. The van der Waals surface area contributed by atoms with Gasteiger partial charge in [-0.25, -0.2) is 4.98 Å². The molecule has 0 fully saturated rings. The Hall–Kier alpha value is -4.19. The molecule has 2 N–H and O–H groups in total. The number of hydrogen-bond acceptors (Lipinski definition) is 10. The van der Waals surface area contributed by atoms with Gasteiger partial charge in [0.05, 0.1) is 35.3 Å². The van der Waals surface area contributed by atoms with Gasteiger partial charge in [-0.05, 0) is 57.2 Å². The van der Waals surface area contributed by atoms with E-state index in [1.165, 1.54) is 23.5 Å². The summed E-state index contributed by atoms with van der Waals surface area (Å²) >= 11 is 1.41. The van der Waals surface area contributed by atoms with Crippen molar-refractivity contribution in [2.45, 2.75) is 26.4 Å². The molecule has 10 nitrogen and oxygen atoms in total. The van der Waals surface area contributed by atoms with Gasteiger partial charge < -0.3 is 29.5 Å². The Labute approximate surface area is 254 Å². The summed E-state index contributed by atoms with van der Waals surface area (Å²) in [6.45, 7) is 8.59. The Morgan fingerprint density at radius 3 is 2.30 bits per heavy atom. The molecule has 1 aromatic heterocycles. The second-order valence-corrected chi connectivity index (χ2v) is 11.0. The summed E-state index contributed by atoms with van der Waals surface area (Å²) in [5.74, 6) is 1.24. The van der Waals surface area contributed by atoms with E-state index in [0.29, 0.717) is 47.6 Å². The summed E-state index contributed by atoms with van der Waals surface area (Å²) in [6, 6.07) is 20.2. The first-order valence-electron chi connectivity index (χ1n) is 14.4. The fourth-order valence-electron chi connectivity index (χ4n) is 5.58. The SMILES string of the molecule is CCOc1cc(N(CC)CC)ccc1C1(c2ccc([N+](=O)[O-])cc2)Oc2ccccc2-c2nc(N(CCO)CCO)sc21. The maximum atomic E-state index is 11.6. The van der Waals surface area contributed by atoms with Crippen LogP contribution in [0.3, 0.4) is 0 Å². The third-order valence-corrected chi connectivity index (χ3v) is 8.83. The minimum Gasteiger partial charge on any atom is -0.493 e. The molecule has 0 spiro atoms. The number of aliphatic hydroxyl groups excluding tert-OH is 2. The Balaban J connectivity index is 1.84. The lowest BCUT2D eigenvalue weighted by Crippen LogP contribution is -2.38. The van der Waals surface area contributed by atoms with E-state index in [-0.39, 0.29) is 18.9 Å². The molecule has 2 heterocycles. The average Bonchev–Trinajstić information content (AvgIpc) is 3.48. The topological polar surface area (TPSA) is 121 Å². The third-order valence-electron chi connectivity index (χ3n) is 7.61. The van der Waals surface area contributed by atoms with Gasteiger partial charge in [0, 0.05) is 66.8 Å². The fraction of sp³-hybridized carbons (Fsp3) is 0.344. The highest BCUT2D eigenvalue weighted by atomic mass is 32.1. The fourth-order valence-corrected chi connectivity index (χ4v) is 6.87. The van der Waals surface area contributed by atoms with Crippen LogP contribution in [-0.4, -0.2) is 66.1 Å². The van der Waals surface area contributed by atoms with Crippen molar-refractivity contribution in [3.63, 3.8) is 0 Å². The first-order valence-corrected chi connectivity index (χ1v) is 15.3. The van der Waals surface area contributed by atoms with Crippen molar-refractivity contribution < 1.29 is 24.6 Å². The molecule has 0 radical (unpaired) electrons. The minimum absolute atomic E-state index is 0.0284. The van der Waals surface area contributed by atoms with Gasteiger partial charge in [0.1, 0.15) is 11.5 Å². The van der Waals surface area contributed by atoms with E-state index in [0.717, 1.165) is 34.8 Å². The van der Waals surface area contributed by atoms with Crippen molar-refractivity contribution in [2.24, 2.45) is 0 Å². The van der Waals surface area contributed by atoms with E-state index < -0.39 is 10.5 Å². The smallest absolute Gasteiger partial charge is 0.269 e. The summed E-state index contributed by atoms with van der Waals surface area (Å²) in [6.07, 6.45) is 0. The average molecular weight is 605 g/mol. The highest BCUT2D eigenvalue weighted by molar-refractivity contribution is 7.16. The lowest BCUT2D eigenvalue weighted by molar-refractivity contribution is -0.384. The number of anilines is 2. The number of thiazole rings is 1. The van der Waals surface area contributed by atoms with Crippen LogP contribution in [0.15, 0.2) is 66.7 Å². The highest BCUT2D eigenvalue weighted by Crippen LogP contribution is 2.56. The number of aliphatic hydroxyl groups is 2. The molecule has 1 aliphatic rings. The molecule has 1 atom stereocenters. The maximum absolute atomic E-state index is 11.6. The van der Waals surface area contributed by atoms with Crippen LogP contribution in [0.2, 0.25) is 0 Å². The number of para-hydroxylation sites is 1. The van der Waals surface area contributed by atoms with Gasteiger partial charge >= 0.3 is 0 Å². The molecule has 43 heavy (non-hydrogen) atoms. The molecule has 3 aromatic carbocycles. The highest BCUT2D eigenvalue weighted by Gasteiger charge is 2.49. The van der Waals surface area contributed by atoms with E-state index in [2.05, 4.69) is 18.7 Å². The monoisotopic (exact) mass is 604 g/mol. The van der Waals surface area contributed by atoms with Crippen molar-refractivity contribution in [3.05, 3.63) is 92.8 Å². The zero-order valence-corrected chi connectivity index (χ0v) is 25.3. The molecule has 0 aliphatic carbocycles. The van der Waals surface area contributed by atoms with Crippen LogP contribution >= 0.6 is 11.3 Å². The normalized spacial score (nSPS) is 15.3. The molecule has 5 rings (SSSR count). The zero-order valence-electron chi connectivity index (χ0n) is 24.5. The molecule has 0 bridgehead atoms. The Morgan fingerprint density at radius 2 is 1.67 bits per heavy atom. The van der Waals surface area contributed by atoms with Crippen LogP contribution in [0.4, 0.5) is 16.5 Å². The quantitative estimate of drug-likeness (QED) is 0.152. The van der Waals surface area contributed by atoms with E-state index in [1.807, 2.05) is 54.3 Å². The molecule has 1 unspecified atom stereocenters. The van der Waals surface area contributed by atoms with Gasteiger partial charge in [-0.15, -0.1) is 0 Å². The number of fused-ring (bicyclic) bond motifs is 3. The molecule has 1 aliphatic heterocycles.